The van der Waals surface area contributed by atoms with Gasteiger partial charge in [0.15, 0.2) is 11.5 Å². The maximum Gasteiger partial charge on any atom is 0.227 e. The lowest BCUT2D eigenvalue weighted by Crippen LogP contribution is -2.33. The SMILES string of the molecule is COc1ccc(CC(=O)N(Cc2ccc(F)cc2)C2CC2)c(OC)c1OC. The summed E-state index contributed by atoms with van der Waals surface area (Å²) in [6, 6.07) is 10.1. The molecule has 1 aliphatic rings. The van der Waals surface area contributed by atoms with Crippen LogP contribution >= 0.6 is 0 Å². The Morgan fingerprint density at radius 2 is 1.67 bits per heavy atom. The van der Waals surface area contributed by atoms with Crippen LogP contribution in [-0.4, -0.2) is 38.2 Å². The zero-order valence-electron chi connectivity index (χ0n) is 15.8. The van der Waals surface area contributed by atoms with Gasteiger partial charge in [0, 0.05) is 18.2 Å². The van der Waals surface area contributed by atoms with Crippen molar-refractivity contribution < 1.29 is 23.4 Å². The van der Waals surface area contributed by atoms with E-state index in [0.717, 1.165) is 24.0 Å². The molecular weight excluding hydrogens is 349 g/mol. The summed E-state index contributed by atoms with van der Waals surface area (Å²) in [4.78, 5) is 14.9. The van der Waals surface area contributed by atoms with Crippen molar-refractivity contribution in [2.24, 2.45) is 0 Å². The number of ether oxygens (including phenoxy) is 3. The van der Waals surface area contributed by atoms with Gasteiger partial charge in [-0.3, -0.25) is 4.79 Å². The van der Waals surface area contributed by atoms with Gasteiger partial charge in [-0.15, -0.1) is 0 Å². The summed E-state index contributed by atoms with van der Waals surface area (Å²) in [7, 11) is 4.64. The van der Waals surface area contributed by atoms with Crippen molar-refractivity contribution in [1.29, 1.82) is 0 Å². The fourth-order valence-electron chi connectivity index (χ4n) is 3.16. The highest BCUT2D eigenvalue weighted by molar-refractivity contribution is 5.81. The van der Waals surface area contributed by atoms with Crippen LogP contribution < -0.4 is 14.2 Å². The van der Waals surface area contributed by atoms with Gasteiger partial charge < -0.3 is 19.1 Å². The van der Waals surface area contributed by atoms with Crippen LogP contribution in [0.1, 0.15) is 24.0 Å². The smallest absolute Gasteiger partial charge is 0.227 e. The van der Waals surface area contributed by atoms with Crippen molar-refractivity contribution in [3.05, 3.63) is 53.3 Å². The molecule has 6 heteroatoms. The summed E-state index contributed by atoms with van der Waals surface area (Å²) in [5.41, 5.74) is 1.65. The van der Waals surface area contributed by atoms with Gasteiger partial charge in [-0.2, -0.15) is 0 Å². The molecule has 5 nitrogen and oxygen atoms in total. The van der Waals surface area contributed by atoms with E-state index in [1.807, 2.05) is 11.0 Å². The second kappa shape index (κ2) is 8.29. The summed E-state index contributed by atoms with van der Waals surface area (Å²) < 4.78 is 29.3. The highest BCUT2D eigenvalue weighted by Crippen LogP contribution is 2.40. The number of benzene rings is 2. The first-order valence-corrected chi connectivity index (χ1v) is 8.89. The van der Waals surface area contributed by atoms with Gasteiger partial charge in [0.25, 0.3) is 0 Å². The Morgan fingerprint density at radius 1 is 1.00 bits per heavy atom. The predicted octanol–water partition coefficient (Wildman–Crippen LogP) is 3.59. The molecule has 0 aromatic heterocycles. The van der Waals surface area contributed by atoms with Gasteiger partial charge in [-0.1, -0.05) is 18.2 Å². The van der Waals surface area contributed by atoms with Gasteiger partial charge >= 0.3 is 0 Å². The normalized spacial score (nSPS) is 13.2. The lowest BCUT2D eigenvalue weighted by molar-refractivity contribution is -0.131. The Kier molecular flexibility index (Phi) is 5.84. The summed E-state index contributed by atoms with van der Waals surface area (Å²) in [6.07, 6.45) is 2.19. The number of halogens is 1. The monoisotopic (exact) mass is 373 g/mol. The van der Waals surface area contributed by atoms with Crippen LogP contribution in [0.25, 0.3) is 0 Å². The van der Waals surface area contributed by atoms with Crippen LogP contribution in [0.5, 0.6) is 17.2 Å². The van der Waals surface area contributed by atoms with E-state index in [1.165, 1.54) is 19.2 Å². The number of methoxy groups -OCH3 is 3. The molecule has 1 amide bonds. The fourth-order valence-corrected chi connectivity index (χ4v) is 3.16. The Hall–Kier alpha value is -2.76. The van der Waals surface area contributed by atoms with Crippen molar-refractivity contribution in [2.75, 3.05) is 21.3 Å². The molecule has 0 heterocycles. The first-order valence-electron chi connectivity index (χ1n) is 8.89. The number of carbonyl (C=O) groups excluding carboxylic acids is 1. The summed E-state index contributed by atoms with van der Waals surface area (Å²) in [5, 5.41) is 0. The summed E-state index contributed by atoms with van der Waals surface area (Å²) in [5.74, 6) is 1.26. The quantitative estimate of drug-likeness (QED) is 0.710. The largest absolute Gasteiger partial charge is 0.493 e. The first-order chi connectivity index (χ1) is 13.1. The highest BCUT2D eigenvalue weighted by Gasteiger charge is 2.33. The number of hydrogen-bond acceptors (Lipinski definition) is 4. The van der Waals surface area contributed by atoms with E-state index in [9.17, 15) is 9.18 Å². The first kappa shape index (κ1) is 19.0. The maximum absolute atomic E-state index is 13.1. The van der Waals surface area contributed by atoms with Gasteiger partial charge in [0.05, 0.1) is 27.8 Å². The minimum Gasteiger partial charge on any atom is -0.493 e. The number of nitrogens with zero attached hydrogens (tertiary/aromatic N) is 1. The predicted molar refractivity (Wildman–Crippen MR) is 99.8 cm³/mol. The van der Waals surface area contributed by atoms with Crippen LogP contribution in [-0.2, 0) is 17.8 Å². The molecule has 0 radical (unpaired) electrons. The zero-order valence-corrected chi connectivity index (χ0v) is 15.8. The molecule has 0 unspecified atom stereocenters. The van der Waals surface area contributed by atoms with Gasteiger partial charge in [0.2, 0.25) is 11.7 Å². The third-order valence-electron chi connectivity index (χ3n) is 4.70. The summed E-state index contributed by atoms with van der Waals surface area (Å²) in [6.45, 7) is 0.472. The lowest BCUT2D eigenvalue weighted by atomic mass is 10.1. The molecule has 2 aromatic rings. The molecule has 0 N–H and O–H groups in total. The third kappa shape index (κ3) is 4.32. The standard InChI is InChI=1S/C21H24FNO4/c1-25-18-11-6-15(20(26-2)21(18)27-3)12-19(24)23(17-9-10-17)13-14-4-7-16(22)8-5-14/h4-8,11,17H,9-10,12-13H2,1-3H3. The van der Waals surface area contributed by atoms with Gasteiger partial charge in [0.1, 0.15) is 5.82 Å². The van der Waals surface area contributed by atoms with Crippen LogP contribution in [0, 0.1) is 5.82 Å². The number of carbonyl (C=O) groups is 1. The minimum absolute atomic E-state index is 0.00680. The Labute approximate surface area is 158 Å². The van der Waals surface area contributed by atoms with E-state index < -0.39 is 0 Å². The Bertz CT molecular complexity index is 803. The summed E-state index contributed by atoms with van der Waals surface area (Å²) >= 11 is 0. The highest BCUT2D eigenvalue weighted by atomic mass is 19.1. The van der Waals surface area contributed by atoms with E-state index in [4.69, 9.17) is 14.2 Å². The molecule has 0 bridgehead atoms. The van der Waals surface area contributed by atoms with Crippen LogP contribution in [0.15, 0.2) is 36.4 Å². The molecule has 0 saturated heterocycles. The molecule has 3 rings (SSSR count). The van der Waals surface area contributed by atoms with E-state index >= 15 is 0 Å². The second-order valence-corrected chi connectivity index (χ2v) is 6.55. The van der Waals surface area contributed by atoms with Gasteiger partial charge in [-0.05, 0) is 36.6 Å². The molecule has 27 heavy (non-hydrogen) atoms. The molecule has 1 fully saturated rings. The molecule has 0 spiro atoms. The van der Waals surface area contributed by atoms with E-state index in [-0.39, 0.29) is 24.2 Å². The third-order valence-corrected chi connectivity index (χ3v) is 4.70. The van der Waals surface area contributed by atoms with E-state index in [0.29, 0.717) is 23.8 Å². The van der Waals surface area contributed by atoms with Crippen molar-refractivity contribution in [3.8, 4) is 17.2 Å². The molecule has 0 atom stereocenters. The van der Waals surface area contributed by atoms with E-state index in [2.05, 4.69) is 0 Å². The van der Waals surface area contributed by atoms with E-state index in [1.54, 1.807) is 32.4 Å². The molecule has 0 aliphatic heterocycles. The molecule has 2 aromatic carbocycles. The number of rotatable bonds is 8. The average Bonchev–Trinajstić information content (AvgIpc) is 3.51. The average molecular weight is 373 g/mol. The molecule has 144 valence electrons. The van der Waals surface area contributed by atoms with Crippen LogP contribution in [0.3, 0.4) is 0 Å². The second-order valence-electron chi connectivity index (χ2n) is 6.55. The van der Waals surface area contributed by atoms with Crippen molar-refractivity contribution >= 4 is 5.91 Å². The fraction of sp³-hybridized carbons (Fsp3) is 0.381. The topological polar surface area (TPSA) is 48.0 Å². The maximum atomic E-state index is 13.1. The zero-order chi connectivity index (χ0) is 19.4. The molecule has 1 saturated carbocycles. The van der Waals surface area contributed by atoms with Crippen molar-refractivity contribution in [3.63, 3.8) is 0 Å². The molecule has 1 aliphatic carbocycles. The Morgan fingerprint density at radius 3 is 2.22 bits per heavy atom. The van der Waals surface area contributed by atoms with Gasteiger partial charge in [-0.25, -0.2) is 4.39 Å². The lowest BCUT2D eigenvalue weighted by Gasteiger charge is -2.24. The number of hydrogen-bond donors (Lipinski definition) is 0. The van der Waals surface area contributed by atoms with Crippen LogP contribution in [0.2, 0.25) is 0 Å². The molecular formula is C21H24FNO4. The van der Waals surface area contributed by atoms with Crippen molar-refractivity contribution in [1.82, 2.24) is 4.90 Å². The van der Waals surface area contributed by atoms with Crippen LogP contribution in [0.4, 0.5) is 4.39 Å². The minimum atomic E-state index is -0.280. The van der Waals surface area contributed by atoms with Crippen molar-refractivity contribution in [2.45, 2.75) is 31.8 Å². The number of amides is 1. The Balaban J connectivity index is 1.81.